The lowest BCUT2D eigenvalue weighted by molar-refractivity contribution is 0.0713. The van der Waals surface area contributed by atoms with Crippen molar-refractivity contribution in [2.24, 2.45) is 0 Å². The molecule has 0 amide bonds. The number of nitrogens with one attached hydrogen (secondary N) is 1. The van der Waals surface area contributed by atoms with Crippen molar-refractivity contribution >= 4 is 18.7 Å². The van der Waals surface area contributed by atoms with E-state index in [1.165, 1.54) is 27.1 Å². The summed E-state index contributed by atoms with van der Waals surface area (Å²) in [4.78, 5) is 0. The van der Waals surface area contributed by atoms with Crippen LogP contribution in [0.4, 0.5) is 0 Å². The number of rotatable bonds is 8. The van der Waals surface area contributed by atoms with Crippen molar-refractivity contribution < 1.29 is 9.53 Å². The first-order chi connectivity index (χ1) is 17.0. The van der Waals surface area contributed by atoms with Gasteiger partial charge in [-0.25, -0.2) is 0 Å². The van der Waals surface area contributed by atoms with Gasteiger partial charge in [0.25, 0.3) is 8.32 Å². The zero-order valence-corrected chi connectivity index (χ0v) is 23.8. The monoisotopic (exact) mass is 501 g/mol. The average molecular weight is 502 g/mol. The van der Waals surface area contributed by atoms with E-state index in [1.54, 1.807) is 0 Å². The van der Waals surface area contributed by atoms with Crippen LogP contribution in [0.15, 0.2) is 78.9 Å². The molecule has 0 spiro atoms. The minimum absolute atomic E-state index is 0.0359. The first-order valence-electron chi connectivity index (χ1n) is 13.4. The van der Waals surface area contributed by atoms with Crippen molar-refractivity contribution in [3.05, 3.63) is 95.6 Å². The van der Waals surface area contributed by atoms with E-state index >= 15 is 0 Å². The van der Waals surface area contributed by atoms with Crippen LogP contribution in [-0.4, -0.2) is 31.7 Å². The summed E-state index contributed by atoms with van der Waals surface area (Å²) in [5.41, 5.74) is 3.51. The topological polar surface area (TPSA) is 41.5 Å². The van der Waals surface area contributed by atoms with Gasteiger partial charge in [0, 0.05) is 12.1 Å². The Hall–Kier alpha value is -2.24. The van der Waals surface area contributed by atoms with E-state index < -0.39 is 13.9 Å². The van der Waals surface area contributed by atoms with Gasteiger partial charge in [-0.2, -0.15) is 0 Å². The second-order valence-electron chi connectivity index (χ2n) is 12.1. The molecule has 0 saturated carbocycles. The van der Waals surface area contributed by atoms with E-state index in [2.05, 4.69) is 112 Å². The molecule has 3 aromatic rings. The second-order valence-corrected chi connectivity index (χ2v) is 16.4. The molecule has 192 valence electrons. The first-order valence-corrected chi connectivity index (χ1v) is 15.3. The van der Waals surface area contributed by atoms with E-state index in [9.17, 15) is 5.11 Å². The second kappa shape index (κ2) is 10.6. The Morgan fingerprint density at radius 3 is 1.97 bits per heavy atom. The minimum atomic E-state index is -2.57. The average Bonchev–Trinajstić information content (AvgIpc) is 2.83. The lowest BCUT2D eigenvalue weighted by Gasteiger charge is -2.44. The van der Waals surface area contributed by atoms with Crippen molar-refractivity contribution in [2.45, 2.75) is 83.5 Å². The molecule has 0 aliphatic carbocycles. The molecule has 0 fully saturated rings. The zero-order valence-electron chi connectivity index (χ0n) is 22.8. The van der Waals surface area contributed by atoms with Gasteiger partial charge in [0.1, 0.15) is 0 Å². The maximum Gasteiger partial charge on any atom is 0.261 e. The van der Waals surface area contributed by atoms with E-state index in [4.69, 9.17) is 4.43 Å². The van der Waals surface area contributed by atoms with Crippen molar-refractivity contribution in [1.29, 1.82) is 0 Å². The number of fused-ring (bicyclic) bond motifs is 1. The molecule has 1 heterocycles. The fourth-order valence-electron chi connectivity index (χ4n) is 5.83. The summed E-state index contributed by atoms with van der Waals surface area (Å²) in [5, 5.41) is 16.8. The van der Waals surface area contributed by atoms with Gasteiger partial charge >= 0.3 is 0 Å². The maximum atomic E-state index is 10.3. The van der Waals surface area contributed by atoms with Crippen LogP contribution in [0.1, 0.15) is 70.7 Å². The number of aryl methyl sites for hydroxylation is 1. The summed E-state index contributed by atoms with van der Waals surface area (Å²) in [6.45, 7) is 13.7. The Kier molecular flexibility index (Phi) is 7.91. The molecule has 0 aromatic heterocycles. The molecule has 1 aliphatic rings. The summed E-state index contributed by atoms with van der Waals surface area (Å²) in [6, 6.07) is 28.9. The van der Waals surface area contributed by atoms with Gasteiger partial charge in [0.15, 0.2) is 0 Å². The predicted molar refractivity (Wildman–Crippen MR) is 154 cm³/mol. The summed E-state index contributed by atoms with van der Waals surface area (Å²) in [6.07, 6.45) is 2.59. The largest absolute Gasteiger partial charge is 0.406 e. The van der Waals surface area contributed by atoms with Crippen molar-refractivity contribution in [3.63, 3.8) is 0 Å². The Balaban J connectivity index is 1.65. The Labute approximate surface area is 219 Å². The van der Waals surface area contributed by atoms with Gasteiger partial charge in [0.05, 0.1) is 12.2 Å². The Morgan fingerprint density at radius 2 is 1.44 bits per heavy atom. The van der Waals surface area contributed by atoms with E-state index in [0.29, 0.717) is 6.61 Å². The molecular weight excluding hydrogens is 458 g/mol. The van der Waals surface area contributed by atoms with Crippen LogP contribution in [0.25, 0.3) is 0 Å². The summed E-state index contributed by atoms with van der Waals surface area (Å²) in [5.74, 6) is 0. The normalized spacial score (nSPS) is 18.6. The van der Waals surface area contributed by atoms with Gasteiger partial charge in [-0.05, 0) is 72.1 Å². The van der Waals surface area contributed by atoms with Gasteiger partial charge < -0.3 is 14.8 Å². The fraction of sp³-hybridized carbons (Fsp3) is 0.438. The molecule has 3 aromatic carbocycles. The van der Waals surface area contributed by atoms with Crippen molar-refractivity contribution in [2.75, 3.05) is 6.61 Å². The minimum Gasteiger partial charge on any atom is -0.406 e. The molecule has 4 rings (SSSR count). The van der Waals surface area contributed by atoms with Gasteiger partial charge in [-0.15, -0.1) is 0 Å². The van der Waals surface area contributed by atoms with Crippen LogP contribution in [-0.2, 0) is 17.3 Å². The smallest absolute Gasteiger partial charge is 0.261 e. The summed E-state index contributed by atoms with van der Waals surface area (Å²) in [7, 11) is -2.57. The van der Waals surface area contributed by atoms with E-state index in [0.717, 1.165) is 19.3 Å². The quantitative estimate of drug-likeness (QED) is 0.398. The molecule has 36 heavy (non-hydrogen) atoms. The summed E-state index contributed by atoms with van der Waals surface area (Å²) < 4.78 is 7.26. The van der Waals surface area contributed by atoms with Crippen LogP contribution in [0.5, 0.6) is 0 Å². The zero-order chi connectivity index (χ0) is 26.0. The number of hydrogen-bond donors (Lipinski definition) is 2. The molecule has 0 saturated heterocycles. The van der Waals surface area contributed by atoms with Crippen LogP contribution < -0.4 is 15.7 Å². The van der Waals surface area contributed by atoms with Crippen LogP contribution >= 0.6 is 0 Å². The highest BCUT2D eigenvalue weighted by atomic mass is 28.4. The third-order valence-corrected chi connectivity index (χ3v) is 12.6. The van der Waals surface area contributed by atoms with Crippen molar-refractivity contribution in [1.82, 2.24) is 5.32 Å². The Morgan fingerprint density at radius 1 is 0.861 bits per heavy atom. The highest BCUT2D eigenvalue weighted by molar-refractivity contribution is 6.99. The molecule has 2 N–H and O–H groups in total. The number of benzene rings is 3. The standard InChI is InChI=1S/C32H43NO2Si/c1-24-29-19-13-14-25(20-21-32(5,6)34)30(29)22-26(33-24)23-35-36(31(2,3)4,27-15-9-7-10-16-27)28-17-11-8-12-18-28/h7-19,24,26,33-34H,20-23H2,1-6H3/t24-,26+/m0/s1. The SMILES string of the molecule is C[C@@H]1N[C@@H](CO[Si](c2ccccc2)(c2ccccc2)C(C)(C)C)Cc2c(CCC(C)(C)O)cccc21. The van der Waals surface area contributed by atoms with E-state index in [-0.39, 0.29) is 17.1 Å². The van der Waals surface area contributed by atoms with Crippen LogP contribution in [0, 0.1) is 0 Å². The third-order valence-electron chi connectivity index (χ3n) is 7.64. The van der Waals surface area contributed by atoms with E-state index in [1.807, 2.05) is 13.8 Å². The molecule has 1 aliphatic heterocycles. The number of aliphatic hydroxyl groups is 1. The van der Waals surface area contributed by atoms with Crippen LogP contribution in [0.3, 0.4) is 0 Å². The highest BCUT2D eigenvalue weighted by Gasteiger charge is 2.50. The number of hydrogen-bond acceptors (Lipinski definition) is 3. The molecule has 4 heteroatoms. The molecule has 0 unspecified atom stereocenters. The molecular formula is C32H43NO2Si. The lowest BCUT2D eigenvalue weighted by atomic mass is 9.85. The third kappa shape index (κ3) is 5.68. The van der Waals surface area contributed by atoms with Gasteiger partial charge in [0.2, 0.25) is 0 Å². The summed E-state index contributed by atoms with van der Waals surface area (Å²) >= 11 is 0. The van der Waals surface area contributed by atoms with Gasteiger partial charge in [-0.3, -0.25) is 0 Å². The van der Waals surface area contributed by atoms with Crippen molar-refractivity contribution in [3.8, 4) is 0 Å². The van der Waals surface area contributed by atoms with Gasteiger partial charge in [-0.1, -0.05) is 99.6 Å². The predicted octanol–water partition coefficient (Wildman–Crippen LogP) is 5.54. The molecule has 2 atom stereocenters. The fourth-order valence-corrected chi connectivity index (χ4v) is 10.4. The highest BCUT2D eigenvalue weighted by Crippen LogP contribution is 2.37. The first kappa shape index (κ1) is 26.8. The maximum absolute atomic E-state index is 10.3. The van der Waals surface area contributed by atoms with Crippen LogP contribution in [0.2, 0.25) is 5.04 Å². The molecule has 3 nitrogen and oxygen atoms in total. The molecule has 0 radical (unpaired) electrons. The molecule has 0 bridgehead atoms. The lowest BCUT2D eigenvalue weighted by Crippen LogP contribution is -2.67. The Bertz CT molecular complexity index is 1090.